The molecule has 16 heavy (non-hydrogen) atoms. The molecule has 1 rings (SSSR count). The van der Waals surface area contributed by atoms with Gasteiger partial charge in [0, 0.05) is 0 Å². The Morgan fingerprint density at radius 2 is 1.44 bits per heavy atom. The van der Waals surface area contributed by atoms with Crippen molar-refractivity contribution in [3.63, 3.8) is 0 Å². The summed E-state index contributed by atoms with van der Waals surface area (Å²) in [7, 11) is 0. The first-order valence-electron chi connectivity index (χ1n) is 6.35. The first kappa shape index (κ1) is 15.6. The van der Waals surface area contributed by atoms with Crippen LogP contribution in [0.2, 0.25) is 10.6 Å². The summed E-state index contributed by atoms with van der Waals surface area (Å²) in [5.41, 5.74) is 0. The molecule has 0 fully saturated rings. The van der Waals surface area contributed by atoms with Crippen molar-refractivity contribution in [3.8, 4) is 5.75 Å². The van der Waals surface area contributed by atoms with E-state index in [4.69, 9.17) is 0 Å². The fraction of sp³-hybridized carbons (Fsp3) is 0.571. The number of para-hydroxylation sites is 1. The third-order valence-corrected chi connectivity index (χ3v) is 3.90. The predicted molar refractivity (Wildman–Crippen MR) is 71.1 cm³/mol. The zero-order valence-corrected chi connectivity index (χ0v) is 11.8. The van der Waals surface area contributed by atoms with Gasteiger partial charge in [0.25, 0.3) is 0 Å². The van der Waals surface area contributed by atoms with Crippen molar-refractivity contribution in [3.05, 3.63) is 30.3 Å². The van der Waals surface area contributed by atoms with Crippen LogP contribution in [0.5, 0.6) is 5.75 Å². The molecule has 0 atom stereocenters. The molecule has 0 spiro atoms. The molecule has 1 nitrogen and oxygen atoms in total. The summed E-state index contributed by atoms with van der Waals surface area (Å²) in [5, 5.41) is 13.3. The normalized spacial score (nSPS) is 8.88. The van der Waals surface area contributed by atoms with Gasteiger partial charge in [-0.3, -0.25) is 0 Å². The second-order valence-electron chi connectivity index (χ2n) is 3.89. The van der Waals surface area contributed by atoms with Gasteiger partial charge in [-0.15, -0.1) is 5.75 Å². The second kappa shape index (κ2) is 12.6. The zero-order valence-electron chi connectivity index (χ0n) is 10.6. The molecule has 0 aliphatic rings. The maximum absolute atomic E-state index is 10.3. The van der Waals surface area contributed by atoms with Crippen LogP contribution in [0, 0.1) is 0 Å². The fourth-order valence-corrected chi connectivity index (χ4v) is 2.94. The smallest absolute Gasteiger partial charge is 0.0623 e. The predicted octanol–water partition coefficient (Wildman–Crippen LogP) is 3.89. The molecule has 0 unspecified atom stereocenters. The molecule has 88 valence electrons. The third-order valence-electron chi connectivity index (χ3n) is 2.27. The van der Waals surface area contributed by atoms with E-state index in [0.29, 0.717) is 0 Å². The maximum atomic E-state index is 10.3. The molecular weight excluding hydrogens is 211 g/mol. The fourth-order valence-electron chi connectivity index (χ4n) is 1.26. The van der Waals surface area contributed by atoms with Crippen molar-refractivity contribution in [1.29, 1.82) is 0 Å². The van der Waals surface area contributed by atoms with E-state index in [1.54, 1.807) is 12.1 Å². The minimum Gasteiger partial charge on any atom is -0.872 e. The van der Waals surface area contributed by atoms with E-state index in [9.17, 15) is 5.11 Å². The second-order valence-corrected chi connectivity index (χ2v) is 5.62. The van der Waals surface area contributed by atoms with Crippen LogP contribution in [-0.2, 0) is 0 Å². The van der Waals surface area contributed by atoms with Gasteiger partial charge in [0.2, 0.25) is 0 Å². The van der Waals surface area contributed by atoms with Crippen LogP contribution < -0.4 is 5.11 Å². The molecule has 1 aromatic carbocycles. The molecule has 0 N–H and O–H groups in total. The number of unbranched alkanes of at least 4 members (excludes halogenated alkanes) is 2. The Bertz CT molecular complexity index is 217. The van der Waals surface area contributed by atoms with Gasteiger partial charge in [0.1, 0.15) is 0 Å². The molecular formula is C14H23AlO. The Morgan fingerprint density at radius 1 is 0.938 bits per heavy atom. The van der Waals surface area contributed by atoms with Crippen molar-refractivity contribution >= 4 is 15.2 Å². The van der Waals surface area contributed by atoms with Crippen LogP contribution >= 0.6 is 0 Å². The number of rotatable bonds is 6. The number of hydrogen-bond acceptors (Lipinski definition) is 1. The van der Waals surface area contributed by atoms with Gasteiger partial charge in [-0.25, -0.2) is 0 Å². The minimum absolute atomic E-state index is 0.0718. The van der Waals surface area contributed by atoms with Crippen LogP contribution in [0.4, 0.5) is 0 Å². The van der Waals surface area contributed by atoms with E-state index in [2.05, 4.69) is 13.8 Å². The van der Waals surface area contributed by atoms with Crippen LogP contribution in [-0.4, -0.2) is 15.2 Å². The van der Waals surface area contributed by atoms with Gasteiger partial charge < -0.3 is 5.11 Å². The third kappa shape index (κ3) is 11.6. The minimum atomic E-state index is 0.0718. The van der Waals surface area contributed by atoms with Crippen LogP contribution in [0.3, 0.4) is 0 Å². The van der Waals surface area contributed by atoms with Gasteiger partial charge in [-0.05, 0) is 0 Å². The van der Waals surface area contributed by atoms with Gasteiger partial charge in [-0.1, -0.05) is 30.3 Å². The average Bonchev–Trinajstić information content (AvgIpc) is 2.31. The Morgan fingerprint density at radius 3 is 1.75 bits per heavy atom. The first-order chi connectivity index (χ1) is 7.81. The van der Waals surface area contributed by atoms with Crippen molar-refractivity contribution in [2.75, 3.05) is 0 Å². The van der Waals surface area contributed by atoms with Gasteiger partial charge >= 0.3 is 65.3 Å². The molecule has 0 aromatic heterocycles. The van der Waals surface area contributed by atoms with Gasteiger partial charge in [-0.2, -0.15) is 0 Å². The summed E-state index contributed by atoms with van der Waals surface area (Å²) < 4.78 is 0. The molecule has 0 saturated carbocycles. The monoisotopic (exact) mass is 234 g/mol. The Balaban J connectivity index is 0.000000288. The Hall–Kier alpha value is -0.448. The molecule has 0 saturated heterocycles. The Labute approximate surface area is 107 Å². The van der Waals surface area contributed by atoms with E-state index >= 15 is 0 Å². The van der Waals surface area contributed by atoms with Crippen LogP contribution in [0.15, 0.2) is 30.3 Å². The van der Waals surface area contributed by atoms with Crippen molar-refractivity contribution < 1.29 is 5.11 Å². The van der Waals surface area contributed by atoms with Crippen LogP contribution in [0.25, 0.3) is 0 Å². The summed E-state index contributed by atoms with van der Waals surface area (Å²) in [5.74, 6) is 0.0718. The number of hydrogen-bond donors (Lipinski definition) is 0. The largest absolute Gasteiger partial charge is 0.872 e. The van der Waals surface area contributed by atoms with E-state index in [-0.39, 0.29) is 5.75 Å². The van der Waals surface area contributed by atoms with E-state index in [1.165, 1.54) is 48.4 Å². The molecule has 0 aliphatic carbocycles. The molecule has 1 aromatic rings. The molecule has 0 bridgehead atoms. The quantitative estimate of drug-likeness (QED) is 0.541. The summed E-state index contributed by atoms with van der Waals surface area (Å²) in [6.07, 6.45) is 5.72. The molecule has 0 heterocycles. The standard InChI is InChI=1S/C6H6O.2C4H9.Al/c7-6-4-2-1-3-5-6;2*1-3-4-2;/h1-5,7H;2*1,3-4H2,2H3;/q;;;+1/p-1. The zero-order chi connectivity index (χ0) is 12.1. The van der Waals surface area contributed by atoms with Gasteiger partial charge in [0.05, 0.1) is 0 Å². The summed E-state index contributed by atoms with van der Waals surface area (Å²) >= 11 is 0.818. The molecule has 0 amide bonds. The van der Waals surface area contributed by atoms with Gasteiger partial charge in [0.15, 0.2) is 0 Å². The Kier molecular flexibility index (Phi) is 12.3. The molecule has 0 aliphatic heterocycles. The number of benzene rings is 1. The van der Waals surface area contributed by atoms with Crippen LogP contribution in [0.1, 0.15) is 39.5 Å². The van der Waals surface area contributed by atoms with Crippen molar-refractivity contribution in [2.24, 2.45) is 0 Å². The first-order valence-corrected chi connectivity index (χ1v) is 7.98. The summed E-state index contributed by atoms with van der Waals surface area (Å²) in [6, 6.07) is 8.33. The molecule has 2 heteroatoms. The van der Waals surface area contributed by atoms with Crippen molar-refractivity contribution in [1.82, 2.24) is 0 Å². The average molecular weight is 234 g/mol. The molecule has 0 radical (unpaired) electrons. The van der Waals surface area contributed by atoms with E-state index in [0.717, 1.165) is 15.2 Å². The summed E-state index contributed by atoms with van der Waals surface area (Å²) in [6.45, 7) is 4.55. The maximum Gasteiger partial charge on any atom is -0.0623 e. The van der Waals surface area contributed by atoms with E-state index in [1.807, 2.05) is 6.07 Å². The van der Waals surface area contributed by atoms with E-state index < -0.39 is 0 Å². The topological polar surface area (TPSA) is 23.1 Å². The SMILES string of the molecule is CCC[CH2][Al+][CH2]CCC.[O-]c1ccccc1. The van der Waals surface area contributed by atoms with Crippen molar-refractivity contribution in [2.45, 2.75) is 50.1 Å². The summed E-state index contributed by atoms with van der Waals surface area (Å²) in [4.78, 5) is 0.